The minimum Gasteiger partial charge on any atom is -0.493 e. The number of hydrogen-bond donors (Lipinski definition) is 1. The lowest BCUT2D eigenvalue weighted by atomic mass is 9.94. The van der Waals surface area contributed by atoms with Gasteiger partial charge in [-0.25, -0.2) is 4.98 Å². The Hall–Kier alpha value is -3.18. The third kappa shape index (κ3) is 6.15. The number of aryl methyl sites for hydroxylation is 1. The van der Waals surface area contributed by atoms with Crippen LogP contribution in [0.3, 0.4) is 0 Å². The maximum atomic E-state index is 10.8. The van der Waals surface area contributed by atoms with Crippen LogP contribution in [0.2, 0.25) is 0 Å². The molecule has 162 valence electrons. The van der Waals surface area contributed by atoms with Gasteiger partial charge in [0, 0.05) is 24.2 Å². The summed E-state index contributed by atoms with van der Waals surface area (Å²) < 4.78 is 11.6. The average Bonchev–Trinajstić information content (AvgIpc) is 2.73. The highest BCUT2D eigenvalue weighted by Crippen LogP contribution is 2.31. The zero-order valence-corrected chi connectivity index (χ0v) is 18.5. The number of carbonyl (C=O) groups is 1. The first kappa shape index (κ1) is 22.5. The van der Waals surface area contributed by atoms with Crippen LogP contribution in [-0.4, -0.2) is 28.6 Å². The van der Waals surface area contributed by atoms with Gasteiger partial charge in [0.25, 0.3) is 0 Å². The molecule has 0 aliphatic carbocycles. The van der Waals surface area contributed by atoms with E-state index in [1.165, 1.54) is 6.20 Å². The van der Waals surface area contributed by atoms with Crippen molar-refractivity contribution in [3.8, 4) is 22.8 Å². The minimum absolute atomic E-state index is 0.393. The van der Waals surface area contributed by atoms with Crippen LogP contribution in [0.4, 0.5) is 0 Å². The van der Waals surface area contributed by atoms with E-state index in [4.69, 9.17) is 9.47 Å². The van der Waals surface area contributed by atoms with Gasteiger partial charge >= 0.3 is 0 Å². The molecule has 0 fully saturated rings. The van der Waals surface area contributed by atoms with Crippen LogP contribution in [0.5, 0.6) is 11.6 Å². The van der Waals surface area contributed by atoms with E-state index in [9.17, 15) is 9.90 Å². The van der Waals surface area contributed by atoms with Crippen LogP contribution in [0.15, 0.2) is 54.7 Å². The molecular weight excluding hydrogens is 390 g/mol. The number of aromatic nitrogens is 1. The number of aliphatic hydroxyl groups is 1. The van der Waals surface area contributed by atoms with Crippen molar-refractivity contribution in [1.82, 2.24) is 4.98 Å². The zero-order valence-electron chi connectivity index (χ0n) is 18.5. The van der Waals surface area contributed by atoms with E-state index in [-0.39, 0.29) is 0 Å². The number of hydrogen-bond acceptors (Lipinski definition) is 5. The molecule has 0 aliphatic heterocycles. The molecule has 1 heterocycles. The van der Waals surface area contributed by atoms with E-state index in [0.29, 0.717) is 31.1 Å². The Morgan fingerprint density at radius 1 is 1.03 bits per heavy atom. The topological polar surface area (TPSA) is 68.7 Å². The molecule has 5 nitrogen and oxygen atoms in total. The third-order valence-electron chi connectivity index (χ3n) is 5.19. The van der Waals surface area contributed by atoms with E-state index >= 15 is 0 Å². The lowest BCUT2D eigenvalue weighted by Crippen LogP contribution is -2.21. The van der Waals surface area contributed by atoms with Crippen LogP contribution in [0.25, 0.3) is 11.1 Å². The number of carbonyl (C=O) groups excluding carboxylic acids is 1. The summed E-state index contributed by atoms with van der Waals surface area (Å²) >= 11 is 0. The van der Waals surface area contributed by atoms with E-state index in [1.807, 2.05) is 24.3 Å². The fourth-order valence-electron chi connectivity index (χ4n) is 3.28. The van der Waals surface area contributed by atoms with E-state index < -0.39 is 5.60 Å². The second kappa shape index (κ2) is 9.75. The van der Waals surface area contributed by atoms with Gasteiger partial charge in [-0.15, -0.1) is 0 Å². The summed E-state index contributed by atoms with van der Waals surface area (Å²) in [6, 6.07) is 15.6. The molecule has 31 heavy (non-hydrogen) atoms. The second-order valence-corrected chi connectivity index (χ2v) is 8.31. The van der Waals surface area contributed by atoms with Crippen LogP contribution in [0.1, 0.15) is 47.3 Å². The molecule has 1 N–H and O–H groups in total. The van der Waals surface area contributed by atoms with Crippen molar-refractivity contribution in [2.45, 2.75) is 46.3 Å². The summed E-state index contributed by atoms with van der Waals surface area (Å²) in [6.07, 6.45) is 2.83. The first-order valence-electron chi connectivity index (χ1n) is 10.4. The largest absolute Gasteiger partial charge is 0.493 e. The predicted octanol–water partition coefficient (Wildman–Crippen LogP) is 5.30. The molecule has 1 aromatic heterocycles. The lowest BCUT2D eigenvalue weighted by molar-refractivity contribution is 0.0553. The highest BCUT2D eigenvalue weighted by molar-refractivity contribution is 5.74. The number of benzene rings is 2. The molecule has 0 bridgehead atoms. The normalized spacial score (nSPS) is 11.3. The molecule has 3 rings (SSSR count). The Morgan fingerprint density at radius 2 is 1.84 bits per heavy atom. The minimum atomic E-state index is -0.735. The van der Waals surface area contributed by atoms with Gasteiger partial charge < -0.3 is 14.6 Å². The molecule has 0 saturated carbocycles. The molecule has 0 radical (unpaired) electrons. The van der Waals surface area contributed by atoms with E-state index in [0.717, 1.165) is 39.9 Å². The average molecular weight is 420 g/mol. The maximum Gasteiger partial charge on any atom is 0.213 e. The van der Waals surface area contributed by atoms with Crippen molar-refractivity contribution in [3.05, 3.63) is 77.0 Å². The smallest absolute Gasteiger partial charge is 0.213 e. The predicted molar refractivity (Wildman–Crippen MR) is 122 cm³/mol. The Bertz CT molecular complexity index is 1040. The van der Waals surface area contributed by atoms with Gasteiger partial charge in [0.2, 0.25) is 5.88 Å². The highest BCUT2D eigenvalue weighted by Gasteiger charge is 2.13. The molecule has 3 aromatic rings. The summed E-state index contributed by atoms with van der Waals surface area (Å²) in [5, 5.41) is 9.83. The number of pyridine rings is 1. The van der Waals surface area contributed by atoms with Gasteiger partial charge in [0.1, 0.15) is 12.4 Å². The van der Waals surface area contributed by atoms with Gasteiger partial charge in [0.05, 0.1) is 12.2 Å². The Morgan fingerprint density at radius 3 is 2.48 bits per heavy atom. The molecule has 0 atom stereocenters. The first-order valence-corrected chi connectivity index (χ1v) is 10.4. The van der Waals surface area contributed by atoms with Crippen molar-refractivity contribution >= 4 is 6.29 Å². The number of ether oxygens (including phenoxy) is 2. The van der Waals surface area contributed by atoms with Crippen molar-refractivity contribution in [2.75, 3.05) is 6.61 Å². The fraction of sp³-hybridized carbons (Fsp3) is 0.308. The Kier molecular flexibility index (Phi) is 7.08. The molecule has 5 heteroatoms. The van der Waals surface area contributed by atoms with Crippen LogP contribution in [0, 0.1) is 13.8 Å². The molecule has 0 saturated heterocycles. The standard InChI is InChI=1S/C26H29NO4/c1-18-14-22(30-13-12-26(3,4)29)9-10-23(18)24-7-5-6-21(19(24)2)17-31-25-11-8-20(16-28)15-27-25/h5-11,14-16,29H,12-13,17H2,1-4H3. The van der Waals surface area contributed by atoms with Crippen LogP contribution >= 0.6 is 0 Å². The monoisotopic (exact) mass is 419 g/mol. The lowest BCUT2D eigenvalue weighted by Gasteiger charge is -2.18. The van der Waals surface area contributed by atoms with Gasteiger partial charge in [-0.2, -0.15) is 0 Å². The van der Waals surface area contributed by atoms with Gasteiger partial charge in [-0.05, 0) is 73.7 Å². The third-order valence-corrected chi connectivity index (χ3v) is 5.19. The van der Waals surface area contributed by atoms with Gasteiger partial charge in [0.15, 0.2) is 6.29 Å². The molecular formula is C26H29NO4. The van der Waals surface area contributed by atoms with Gasteiger partial charge in [-0.3, -0.25) is 4.79 Å². The van der Waals surface area contributed by atoms with Crippen LogP contribution in [-0.2, 0) is 6.61 Å². The number of rotatable bonds is 9. The summed E-state index contributed by atoms with van der Waals surface area (Å²) in [4.78, 5) is 14.9. The first-order chi connectivity index (χ1) is 14.8. The summed E-state index contributed by atoms with van der Waals surface area (Å²) in [7, 11) is 0. The molecule has 0 spiro atoms. The van der Waals surface area contributed by atoms with Crippen molar-refractivity contribution in [1.29, 1.82) is 0 Å². The van der Waals surface area contributed by atoms with Crippen LogP contribution < -0.4 is 9.47 Å². The van der Waals surface area contributed by atoms with Crippen molar-refractivity contribution in [2.24, 2.45) is 0 Å². The Labute approximate surface area is 183 Å². The maximum absolute atomic E-state index is 10.8. The highest BCUT2D eigenvalue weighted by atomic mass is 16.5. The number of nitrogens with zero attached hydrogens (tertiary/aromatic N) is 1. The zero-order chi connectivity index (χ0) is 22.4. The Balaban J connectivity index is 1.73. The molecule has 0 unspecified atom stereocenters. The van der Waals surface area contributed by atoms with Gasteiger partial charge in [-0.1, -0.05) is 24.3 Å². The summed E-state index contributed by atoms with van der Waals surface area (Å²) in [5.41, 5.74) is 5.41. The molecule has 0 aliphatic rings. The second-order valence-electron chi connectivity index (χ2n) is 8.31. The summed E-state index contributed by atoms with van der Waals surface area (Å²) in [6.45, 7) is 8.57. The number of aldehydes is 1. The fourth-order valence-corrected chi connectivity index (χ4v) is 3.28. The van der Waals surface area contributed by atoms with Crippen molar-refractivity contribution in [3.63, 3.8) is 0 Å². The quantitative estimate of drug-likeness (QED) is 0.477. The van der Waals surface area contributed by atoms with Crippen molar-refractivity contribution < 1.29 is 19.4 Å². The molecule has 0 amide bonds. The molecule has 2 aromatic carbocycles. The summed E-state index contributed by atoms with van der Waals surface area (Å²) in [5.74, 6) is 1.28. The van der Waals surface area contributed by atoms with E-state index in [1.54, 1.807) is 26.0 Å². The van der Waals surface area contributed by atoms with E-state index in [2.05, 4.69) is 31.0 Å². The SMILES string of the molecule is Cc1cc(OCCC(C)(C)O)ccc1-c1cccc(COc2ccc(C=O)cn2)c1C.